The van der Waals surface area contributed by atoms with Gasteiger partial charge in [0, 0.05) is 34.6 Å². The zero-order valence-electron chi connectivity index (χ0n) is 17.7. The van der Waals surface area contributed by atoms with Gasteiger partial charge in [-0.1, -0.05) is 25.1 Å². The van der Waals surface area contributed by atoms with Crippen molar-refractivity contribution in [1.29, 1.82) is 0 Å². The third-order valence-electron chi connectivity index (χ3n) is 5.18. The maximum absolute atomic E-state index is 13.2. The molecule has 0 spiro atoms. The molecular formula is C23H24N4O4. The van der Waals surface area contributed by atoms with Gasteiger partial charge in [-0.05, 0) is 24.6 Å². The minimum Gasteiger partial charge on any atom is -0.493 e. The standard InChI is InChI=1S/C23H24N4O4/c1-4-11-26-18-8-6-5-7-16(18)17-13-24-27(23(29)22(17)26)14-21(28)25-15-9-10-19(30-2)20(12-15)31-3/h5-10,12-13H,4,11,14H2,1-3H3,(H,25,28). The lowest BCUT2D eigenvalue weighted by Crippen LogP contribution is -2.30. The molecule has 4 aromatic rings. The number of carbonyl (C=O) groups is 1. The number of fused-ring (bicyclic) bond motifs is 3. The number of nitrogens with zero attached hydrogens (tertiary/aromatic N) is 3. The van der Waals surface area contributed by atoms with E-state index in [1.54, 1.807) is 31.5 Å². The second-order valence-corrected chi connectivity index (χ2v) is 7.16. The lowest BCUT2D eigenvalue weighted by atomic mass is 10.2. The Balaban J connectivity index is 1.67. The summed E-state index contributed by atoms with van der Waals surface area (Å²) in [7, 11) is 3.07. The highest BCUT2D eigenvalue weighted by Crippen LogP contribution is 2.30. The molecule has 2 heterocycles. The van der Waals surface area contributed by atoms with Crippen LogP contribution >= 0.6 is 0 Å². The molecule has 1 N–H and O–H groups in total. The van der Waals surface area contributed by atoms with Crippen LogP contribution in [0.2, 0.25) is 0 Å². The van der Waals surface area contributed by atoms with Gasteiger partial charge in [-0.15, -0.1) is 0 Å². The average Bonchev–Trinajstić information content (AvgIpc) is 3.10. The number of ether oxygens (including phenoxy) is 2. The van der Waals surface area contributed by atoms with Gasteiger partial charge in [0.15, 0.2) is 11.5 Å². The van der Waals surface area contributed by atoms with Gasteiger partial charge < -0.3 is 19.4 Å². The molecule has 8 nitrogen and oxygen atoms in total. The summed E-state index contributed by atoms with van der Waals surface area (Å²) in [6.07, 6.45) is 2.55. The van der Waals surface area contributed by atoms with Crippen molar-refractivity contribution in [3.05, 3.63) is 59.0 Å². The molecule has 0 atom stereocenters. The Morgan fingerprint density at radius 1 is 1.06 bits per heavy atom. The number of nitrogens with one attached hydrogen (secondary N) is 1. The summed E-state index contributed by atoms with van der Waals surface area (Å²) in [5.41, 5.74) is 1.81. The molecule has 0 radical (unpaired) electrons. The molecule has 0 aliphatic heterocycles. The van der Waals surface area contributed by atoms with Crippen molar-refractivity contribution in [2.24, 2.45) is 0 Å². The molecule has 0 aliphatic carbocycles. The van der Waals surface area contributed by atoms with E-state index in [2.05, 4.69) is 17.3 Å². The maximum atomic E-state index is 13.2. The molecule has 8 heteroatoms. The molecule has 160 valence electrons. The second-order valence-electron chi connectivity index (χ2n) is 7.16. The van der Waals surface area contributed by atoms with Gasteiger partial charge in [0.1, 0.15) is 12.1 Å². The quantitative estimate of drug-likeness (QED) is 0.495. The van der Waals surface area contributed by atoms with Gasteiger partial charge in [-0.3, -0.25) is 9.59 Å². The van der Waals surface area contributed by atoms with Crippen LogP contribution in [-0.4, -0.2) is 34.5 Å². The Labute approximate surface area is 179 Å². The Hall–Kier alpha value is -3.81. The third kappa shape index (κ3) is 3.72. The van der Waals surface area contributed by atoms with E-state index in [9.17, 15) is 9.59 Å². The predicted molar refractivity (Wildman–Crippen MR) is 120 cm³/mol. The van der Waals surface area contributed by atoms with E-state index in [-0.39, 0.29) is 18.0 Å². The van der Waals surface area contributed by atoms with Crippen LogP contribution in [-0.2, 0) is 17.9 Å². The SMILES string of the molecule is CCCn1c2ccccc2c2cnn(CC(=O)Nc3ccc(OC)c(OC)c3)c(=O)c21. The number of aryl methyl sites for hydroxylation is 1. The highest BCUT2D eigenvalue weighted by Gasteiger charge is 2.17. The van der Waals surface area contributed by atoms with Crippen LogP contribution in [0.1, 0.15) is 13.3 Å². The van der Waals surface area contributed by atoms with Crippen molar-refractivity contribution in [2.75, 3.05) is 19.5 Å². The van der Waals surface area contributed by atoms with Gasteiger partial charge >= 0.3 is 0 Å². The van der Waals surface area contributed by atoms with Crippen molar-refractivity contribution in [1.82, 2.24) is 14.3 Å². The third-order valence-corrected chi connectivity index (χ3v) is 5.18. The highest BCUT2D eigenvalue weighted by atomic mass is 16.5. The smallest absolute Gasteiger partial charge is 0.291 e. The Morgan fingerprint density at radius 2 is 1.84 bits per heavy atom. The number of carbonyl (C=O) groups excluding carboxylic acids is 1. The Morgan fingerprint density at radius 3 is 2.58 bits per heavy atom. The van der Waals surface area contributed by atoms with Crippen LogP contribution in [0.4, 0.5) is 5.69 Å². The van der Waals surface area contributed by atoms with Gasteiger partial charge in [0.25, 0.3) is 5.56 Å². The van der Waals surface area contributed by atoms with Gasteiger partial charge in [0.05, 0.1) is 20.4 Å². The summed E-state index contributed by atoms with van der Waals surface area (Å²) >= 11 is 0. The number of anilines is 1. The van der Waals surface area contributed by atoms with Crippen LogP contribution in [0.5, 0.6) is 11.5 Å². The van der Waals surface area contributed by atoms with Crippen LogP contribution in [0.15, 0.2) is 53.5 Å². The van der Waals surface area contributed by atoms with E-state index < -0.39 is 0 Å². The van der Waals surface area contributed by atoms with E-state index >= 15 is 0 Å². The normalized spacial score (nSPS) is 11.1. The number of aromatic nitrogens is 3. The van der Waals surface area contributed by atoms with E-state index in [0.29, 0.717) is 29.2 Å². The summed E-state index contributed by atoms with van der Waals surface area (Å²) in [6, 6.07) is 13.0. The fourth-order valence-corrected chi connectivity index (χ4v) is 3.81. The molecule has 31 heavy (non-hydrogen) atoms. The molecular weight excluding hydrogens is 396 g/mol. The minimum absolute atomic E-state index is 0.198. The topological polar surface area (TPSA) is 87.4 Å². The zero-order chi connectivity index (χ0) is 22.0. The van der Waals surface area contributed by atoms with E-state index in [4.69, 9.17) is 9.47 Å². The molecule has 2 aromatic heterocycles. The van der Waals surface area contributed by atoms with Crippen LogP contribution < -0.4 is 20.3 Å². The Kier molecular flexibility index (Phi) is 5.62. The molecule has 0 saturated carbocycles. The molecule has 4 rings (SSSR count). The fraction of sp³-hybridized carbons (Fsp3) is 0.261. The van der Waals surface area contributed by atoms with Gasteiger partial charge in [0.2, 0.25) is 5.91 Å². The number of hydrogen-bond donors (Lipinski definition) is 1. The van der Waals surface area contributed by atoms with Crippen molar-refractivity contribution < 1.29 is 14.3 Å². The average molecular weight is 420 g/mol. The van der Waals surface area contributed by atoms with E-state index in [0.717, 1.165) is 22.7 Å². The lowest BCUT2D eigenvalue weighted by Gasteiger charge is -2.11. The predicted octanol–water partition coefficient (Wildman–Crippen LogP) is 3.42. The first kappa shape index (κ1) is 20.5. The number of benzene rings is 2. The van der Waals surface area contributed by atoms with Crippen LogP contribution in [0, 0.1) is 0 Å². The van der Waals surface area contributed by atoms with Gasteiger partial charge in [-0.25, -0.2) is 4.68 Å². The molecule has 2 aromatic carbocycles. The molecule has 0 bridgehead atoms. The van der Waals surface area contributed by atoms with E-state index in [1.807, 2.05) is 28.8 Å². The lowest BCUT2D eigenvalue weighted by molar-refractivity contribution is -0.117. The molecule has 1 amide bonds. The monoisotopic (exact) mass is 420 g/mol. The van der Waals surface area contributed by atoms with E-state index in [1.165, 1.54) is 11.8 Å². The van der Waals surface area contributed by atoms with Crippen molar-refractivity contribution in [3.63, 3.8) is 0 Å². The van der Waals surface area contributed by atoms with Gasteiger partial charge in [-0.2, -0.15) is 5.10 Å². The first-order valence-electron chi connectivity index (χ1n) is 10.1. The summed E-state index contributed by atoms with van der Waals surface area (Å²) in [4.78, 5) is 25.8. The minimum atomic E-state index is -0.362. The van der Waals surface area contributed by atoms with Crippen molar-refractivity contribution in [2.45, 2.75) is 26.4 Å². The highest BCUT2D eigenvalue weighted by molar-refractivity contribution is 6.07. The fourth-order valence-electron chi connectivity index (χ4n) is 3.81. The number of rotatable bonds is 7. The summed E-state index contributed by atoms with van der Waals surface area (Å²) in [6.45, 7) is 2.58. The van der Waals surface area contributed by atoms with Crippen molar-refractivity contribution in [3.8, 4) is 11.5 Å². The summed E-state index contributed by atoms with van der Waals surface area (Å²) < 4.78 is 13.7. The van der Waals surface area contributed by atoms with Crippen LogP contribution in [0.3, 0.4) is 0 Å². The number of para-hydroxylation sites is 1. The summed E-state index contributed by atoms with van der Waals surface area (Å²) in [5, 5.41) is 8.82. The largest absolute Gasteiger partial charge is 0.493 e. The zero-order valence-corrected chi connectivity index (χ0v) is 17.7. The second kappa shape index (κ2) is 8.51. The first-order valence-corrected chi connectivity index (χ1v) is 10.1. The molecule has 0 unspecified atom stereocenters. The maximum Gasteiger partial charge on any atom is 0.291 e. The number of methoxy groups -OCH3 is 2. The Bertz CT molecular complexity index is 1320. The molecule has 0 saturated heterocycles. The number of amides is 1. The van der Waals surface area contributed by atoms with Crippen molar-refractivity contribution >= 4 is 33.4 Å². The molecule has 0 aliphatic rings. The molecule has 0 fully saturated rings. The first-order chi connectivity index (χ1) is 15.1. The summed E-state index contributed by atoms with van der Waals surface area (Å²) in [5.74, 6) is 0.702. The number of hydrogen-bond acceptors (Lipinski definition) is 5. The van der Waals surface area contributed by atoms with Crippen LogP contribution in [0.25, 0.3) is 21.8 Å².